The lowest BCUT2D eigenvalue weighted by Crippen LogP contribution is -2.37. The SMILES string of the molecule is S=C(NCCc1ccc(Cl)cc1)NCC1CC1. The Kier molecular flexibility index (Phi) is 4.63. The molecule has 1 aromatic carbocycles. The third kappa shape index (κ3) is 4.92. The highest BCUT2D eigenvalue weighted by molar-refractivity contribution is 7.80. The molecule has 0 unspecified atom stereocenters. The maximum Gasteiger partial charge on any atom is 0.166 e. The molecule has 1 fully saturated rings. The van der Waals surface area contributed by atoms with E-state index in [4.69, 9.17) is 23.8 Å². The van der Waals surface area contributed by atoms with Gasteiger partial charge in [0.2, 0.25) is 0 Å². The molecule has 0 atom stereocenters. The van der Waals surface area contributed by atoms with Crippen LogP contribution >= 0.6 is 23.8 Å². The van der Waals surface area contributed by atoms with E-state index in [1.807, 2.05) is 24.3 Å². The average Bonchev–Trinajstić information content (AvgIpc) is 3.13. The molecule has 1 aliphatic carbocycles. The zero-order valence-corrected chi connectivity index (χ0v) is 11.3. The Labute approximate surface area is 113 Å². The lowest BCUT2D eigenvalue weighted by Gasteiger charge is -2.09. The van der Waals surface area contributed by atoms with E-state index in [-0.39, 0.29) is 0 Å². The summed E-state index contributed by atoms with van der Waals surface area (Å²) in [5.74, 6) is 0.853. The highest BCUT2D eigenvalue weighted by atomic mass is 35.5. The summed E-state index contributed by atoms with van der Waals surface area (Å²) in [6.07, 6.45) is 3.66. The second-order valence-electron chi connectivity index (χ2n) is 4.46. The van der Waals surface area contributed by atoms with Crippen LogP contribution in [-0.4, -0.2) is 18.2 Å². The van der Waals surface area contributed by atoms with Crippen molar-refractivity contribution < 1.29 is 0 Å². The van der Waals surface area contributed by atoms with Crippen LogP contribution in [0.1, 0.15) is 18.4 Å². The number of rotatable bonds is 5. The van der Waals surface area contributed by atoms with E-state index < -0.39 is 0 Å². The Bertz CT molecular complexity index is 374. The number of nitrogens with one attached hydrogen (secondary N) is 2. The van der Waals surface area contributed by atoms with Crippen molar-refractivity contribution in [2.45, 2.75) is 19.3 Å². The second-order valence-corrected chi connectivity index (χ2v) is 5.30. The van der Waals surface area contributed by atoms with Crippen molar-refractivity contribution in [3.63, 3.8) is 0 Å². The van der Waals surface area contributed by atoms with Gasteiger partial charge in [0.25, 0.3) is 0 Å². The van der Waals surface area contributed by atoms with Gasteiger partial charge in [-0.05, 0) is 55.1 Å². The summed E-state index contributed by atoms with van der Waals surface area (Å²) in [6, 6.07) is 7.93. The first-order chi connectivity index (χ1) is 8.24. The van der Waals surface area contributed by atoms with E-state index in [0.717, 1.165) is 35.6 Å². The number of hydrogen-bond donors (Lipinski definition) is 2. The van der Waals surface area contributed by atoms with Gasteiger partial charge in [-0.3, -0.25) is 0 Å². The van der Waals surface area contributed by atoms with Crippen LogP contribution in [0.25, 0.3) is 0 Å². The van der Waals surface area contributed by atoms with E-state index >= 15 is 0 Å². The molecule has 0 spiro atoms. The maximum absolute atomic E-state index is 5.83. The van der Waals surface area contributed by atoms with Crippen molar-refractivity contribution in [2.24, 2.45) is 5.92 Å². The molecule has 2 rings (SSSR count). The van der Waals surface area contributed by atoms with Crippen LogP contribution in [0.15, 0.2) is 24.3 Å². The molecule has 0 aliphatic heterocycles. The summed E-state index contributed by atoms with van der Waals surface area (Å²) in [5, 5.41) is 8.01. The molecule has 0 amide bonds. The standard InChI is InChI=1S/C13H17ClN2S/c14-12-5-3-10(4-6-12)7-8-15-13(17)16-9-11-1-2-11/h3-6,11H,1-2,7-9H2,(H2,15,16,17). The molecular formula is C13H17ClN2S. The Morgan fingerprint density at radius 2 is 1.94 bits per heavy atom. The van der Waals surface area contributed by atoms with Gasteiger partial charge in [-0.2, -0.15) is 0 Å². The van der Waals surface area contributed by atoms with Gasteiger partial charge in [0, 0.05) is 18.1 Å². The van der Waals surface area contributed by atoms with Crippen LogP contribution in [0.2, 0.25) is 5.02 Å². The molecule has 1 aromatic rings. The van der Waals surface area contributed by atoms with Gasteiger partial charge in [0.05, 0.1) is 0 Å². The van der Waals surface area contributed by atoms with Crippen LogP contribution in [0, 0.1) is 5.92 Å². The minimum Gasteiger partial charge on any atom is -0.362 e. The van der Waals surface area contributed by atoms with E-state index in [9.17, 15) is 0 Å². The third-order valence-corrected chi connectivity index (χ3v) is 3.40. The van der Waals surface area contributed by atoms with Crippen LogP contribution in [0.3, 0.4) is 0 Å². The molecule has 0 saturated heterocycles. The Balaban J connectivity index is 1.61. The topological polar surface area (TPSA) is 24.1 Å². The van der Waals surface area contributed by atoms with E-state index in [1.54, 1.807) is 0 Å². The quantitative estimate of drug-likeness (QED) is 0.803. The van der Waals surface area contributed by atoms with Crippen molar-refractivity contribution in [3.05, 3.63) is 34.9 Å². The fourth-order valence-electron chi connectivity index (χ4n) is 1.59. The highest BCUT2D eigenvalue weighted by Crippen LogP contribution is 2.27. The summed E-state index contributed by atoms with van der Waals surface area (Å²) in [6.45, 7) is 1.88. The molecule has 1 aliphatic rings. The van der Waals surface area contributed by atoms with Crippen molar-refractivity contribution in [1.29, 1.82) is 0 Å². The predicted molar refractivity (Wildman–Crippen MR) is 76.5 cm³/mol. The number of hydrogen-bond acceptors (Lipinski definition) is 1. The molecule has 0 radical (unpaired) electrons. The van der Waals surface area contributed by atoms with E-state index in [0.29, 0.717) is 0 Å². The molecule has 2 nitrogen and oxygen atoms in total. The molecule has 2 N–H and O–H groups in total. The van der Waals surface area contributed by atoms with Crippen LogP contribution < -0.4 is 10.6 Å². The zero-order chi connectivity index (χ0) is 12.1. The highest BCUT2D eigenvalue weighted by Gasteiger charge is 2.20. The van der Waals surface area contributed by atoms with Crippen molar-refractivity contribution in [2.75, 3.05) is 13.1 Å². The molecule has 0 heterocycles. The summed E-state index contributed by atoms with van der Waals surface area (Å²) in [5.41, 5.74) is 1.27. The van der Waals surface area contributed by atoms with Gasteiger partial charge < -0.3 is 10.6 Å². The third-order valence-electron chi connectivity index (χ3n) is 2.86. The van der Waals surface area contributed by atoms with Crippen LogP contribution in [-0.2, 0) is 6.42 Å². The Morgan fingerprint density at radius 3 is 2.59 bits per heavy atom. The summed E-state index contributed by atoms with van der Waals surface area (Å²) in [7, 11) is 0. The minimum atomic E-state index is 0.769. The monoisotopic (exact) mass is 268 g/mol. The first kappa shape index (κ1) is 12.7. The molecular weight excluding hydrogens is 252 g/mol. The largest absolute Gasteiger partial charge is 0.362 e. The fourth-order valence-corrected chi connectivity index (χ4v) is 1.90. The first-order valence-electron chi connectivity index (χ1n) is 6.00. The molecule has 0 aromatic heterocycles. The second kappa shape index (κ2) is 6.22. The molecule has 1 saturated carbocycles. The molecule has 0 bridgehead atoms. The average molecular weight is 269 g/mol. The van der Waals surface area contributed by atoms with Crippen molar-refractivity contribution in [3.8, 4) is 0 Å². The minimum absolute atomic E-state index is 0.769. The van der Waals surface area contributed by atoms with Gasteiger partial charge in [0.15, 0.2) is 5.11 Å². The zero-order valence-electron chi connectivity index (χ0n) is 9.71. The maximum atomic E-state index is 5.83. The normalized spacial score (nSPS) is 14.4. The van der Waals surface area contributed by atoms with Gasteiger partial charge in [0.1, 0.15) is 0 Å². The Hall–Kier alpha value is -0.800. The fraction of sp³-hybridized carbons (Fsp3) is 0.462. The van der Waals surface area contributed by atoms with Gasteiger partial charge in [-0.15, -0.1) is 0 Å². The number of thiocarbonyl (C=S) groups is 1. The number of benzene rings is 1. The first-order valence-corrected chi connectivity index (χ1v) is 6.79. The number of halogens is 1. The lowest BCUT2D eigenvalue weighted by molar-refractivity contribution is 0.747. The summed E-state index contributed by atoms with van der Waals surface area (Å²) >= 11 is 11.0. The lowest BCUT2D eigenvalue weighted by atomic mass is 10.1. The van der Waals surface area contributed by atoms with Gasteiger partial charge in [-0.25, -0.2) is 0 Å². The van der Waals surface area contributed by atoms with E-state index in [1.165, 1.54) is 18.4 Å². The van der Waals surface area contributed by atoms with Gasteiger partial charge >= 0.3 is 0 Å². The van der Waals surface area contributed by atoms with Crippen LogP contribution in [0.5, 0.6) is 0 Å². The predicted octanol–water partition coefficient (Wildman–Crippen LogP) is 2.76. The smallest absolute Gasteiger partial charge is 0.166 e. The molecule has 4 heteroatoms. The molecule has 17 heavy (non-hydrogen) atoms. The van der Waals surface area contributed by atoms with Gasteiger partial charge in [-0.1, -0.05) is 23.7 Å². The van der Waals surface area contributed by atoms with Crippen molar-refractivity contribution >= 4 is 28.9 Å². The van der Waals surface area contributed by atoms with E-state index in [2.05, 4.69) is 10.6 Å². The summed E-state index contributed by atoms with van der Waals surface area (Å²) < 4.78 is 0. The van der Waals surface area contributed by atoms with Crippen molar-refractivity contribution in [1.82, 2.24) is 10.6 Å². The van der Waals surface area contributed by atoms with Crippen LogP contribution in [0.4, 0.5) is 0 Å². The Morgan fingerprint density at radius 1 is 1.24 bits per heavy atom. The summed E-state index contributed by atoms with van der Waals surface area (Å²) in [4.78, 5) is 0. The molecule has 92 valence electrons.